The molecule has 0 spiro atoms. The highest BCUT2D eigenvalue weighted by molar-refractivity contribution is 6.08. The average Bonchev–Trinajstić information content (AvgIpc) is 3.62. The van der Waals surface area contributed by atoms with Gasteiger partial charge in [-0.2, -0.15) is 0 Å². The van der Waals surface area contributed by atoms with Crippen LogP contribution in [-0.4, -0.2) is 27.1 Å². The molecule has 5 aromatic rings. The van der Waals surface area contributed by atoms with E-state index in [0.717, 1.165) is 46.0 Å². The number of carbonyl (C=O) groups excluding carboxylic acids is 1. The van der Waals surface area contributed by atoms with Gasteiger partial charge in [0.1, 0.15) is 5.82 Å². The second kappa shape index (κ2) is 9.14. The number of carboxylic acid groups (broad SMARTS) is 1. The molecule has 6 heteroatoms. The lowest BCUT2D eigenvalue weighted by molar-refractivity contribution is -0.236. The van der Waals surface area contributed by atoms with Crippen LogP contribution in [0.2, 0.25) is 0 Å². The number of halogens is 1. The summed E-state index contributed by atoms with van der Waals surface area (Å²) < 4.78 is 16.3. The molecule has 1 aromatic heterocycles. The number of fused-ring (bicyclic) bond motifs is 1. The maximum absolute atomic E-state index is 14.2. The first-order valence-corrected chi connectivity index (χ1v) is 14.9. The number of hydrogen-bond donors (Lipinski definition) is 2. The van der Waals surface area contributed by atoms with Crippen molar-refractivity contribution in [2.45, 2.75) is 44.2 Å². The van der Waals surface area contributed by atoms with E-state index in [1.54, 1.807) is 6.07 Å². The summed E-state index contributed by atoms with van der Waals surface area (Å²) in [4.78, 5) is 25.9. The monoisotopic (exact) mass is 570 g/mol. The van der Waals surface area contributed by atoms with Crippen LogP contribution >= 0.6 is 0 Å². The van der Waals surface area contributed by atoms with Crippen LogP contribution in [0.25, 0.3) is 33.2 Å². The summed E-state index contributed by atoms with van der Waals surface area (Å²) in [7, 11) is 0. The number of carboxylic acids is 1. The molecule has 0 unspecified atom stereocenters. The minimum atomic E-state index is -0.712. The van der Waals surface area contributed by atoms with E-state index < -0.39 is 11.4 Å². The Hall–Kier alpha value is -4.71. The zero-order chi connectivity index (χ0) is 29.4. The summed E-state index contributed by atoms with van der Waals surface area (Å²) >= 11 is 0. The van der Waals surface area contributed by atoms with Crippen LogP contribution < -0.4 is 5.32 Å². The van der Waals surface area contributed by atoms with Crippen molar-refractivity contribution < 1.29 is 19.1 Å². The molecule has 43 heavy (non-hydrogen) atoms. The first-order chi connectivity index (χ1) is 20.8. The van der Waals surface area contributed by atoms with Crippen LogP contribution in [0.5, 0.6) is 0 Å². The van der Waals surface area contributed by atoms with Crippen molar-refractivity contribution in [3.8, 4) is 22.3 Å². The van der Waals surface area contributed by atoms with Gasteiger partial charge in [0.25, 0.3) is 5.91 Å². The molecule has 4 aliphatic rings. The molecule has 2 N–H and O–H groups in total. The molecule has 1 amide bonds. The lowest BCUT2D eigenvalue weighted by Crippen LogP contribution is -2.73. The molecular formula is C37H31FN2O3. The highest BCUT2D eigenvalue weighted by atomic mass is 19.1. The lowest BCUT2D eigenvalue weighted by atomic mass is 9.32. The van der Waals surface area contributed by atoms with Crippen LogP contribution in [0.4, 0.5) is 4.39 Å². The molecule has 4 aromatic carbocycles. The molecular weight excluding hydrogens is 539 g/mol. The fourth-order valence-corrected chi connectivity index (χ4v) is 7.84. The minimum Gasteiger partial charge on any atom is -0.481 e. The van der Waals surface area contributed by atoms with E-state index in [4.69, 9.17) is 0 Å². The van der Waals surface area contributed by atoms with Gasteiger partial charge in [-0.15, -0.1) is 0 Å². The molecule has 0 radical (unpaired) electrons. The SMILES string of the molecule is O=C(NC1(C23CC(C(=O)O)(C2)C3)CC1)c1cc(-c2cccc(F)c2)cc2ccn(Cc3ccc(-c4ccccc4)cc3)c12. The van der Waals surface area contributed by atoms with Gasteiger partial charge in [-0.05, 0) is 95.7 Å². The zero-order valence-corrected chi connectivity index (χ0v) is 23.6. The molecule has 5 nitrogen and oxygen atoms in total. The topological polar surface area (TPSA) is 71.3 Å². The van der Waals surface area contributed by atoms with Gasteiger partial charge < -0.3 is 15.0 Å². The molecule has 214 valence electrons. The van der Waals surface area contributed by atoms with Crippen molar-refractivity contribution in [1.29, 1.82) is 0 Å². The number of carbonyl (C=O) groups is 2. The predicted octanol–water partition coefficient (Wildman–Crippen LogP) is 7.68. The number of nitrogens with one attached hydrogen (secondary N) is 1. The Kier molecular flexibility index (Phi) is 5.52. The first-order valence-electron chi connectivity index (χ1n) is 14.9. The maximum atomic E-state index is 14.2. The third kappa shape index (κ3) is 4.03. The van der Waals surface area contributed by atoms with Gasteiger partial charge in [0.05, 0.1) is 16.5 Å². The van der Waals surface area contributed by atoms with Crippen molar-refractivity contribution >= 4 is 22.8 Å². The highest BCUT2D eigenvalue weighted by Gasteiger charge is 2.81. The van der Waals surface area contributed by atoms with Gasteiger partial charge in [-0.25, -0.2) is 4.39 Å². The van der Waals surface area contributed by atoms with Gasteiger partial charge in [0.15, 0.2) is 0 Å². The predicted molar refractivity (Wildman–Crippen MR) is 164 cm³/mol. The fraction of sp³-hybridized carbons (Fsp3) is 0.243. The van der Waals surface area contributed by atoms with E-state index in [-0.39, 0.29) is 22.7 Å². The third-order valence-corrected chi connectivity index (χ3v) is 10.3. The summed E-state index contributed by atoms with van der Waals surface area (Å²) in [6.45, 7) is 0.592. The van der Waals surface area contributed by atoms with Crippen LogP contribution in [0.1, 0.15) is 48.0 Å². The second-order valence-corrected chi connectivity index (χ2v) is 12.9. The van der Waals surface area contributed by atoms with E-state index in [1.807, 2.05) is 48.7 Å². The minimum absolute atomic E-state index is 0.108. The molecule has 2 bridgehead atoms. The van der Waals surface area contributed by atoms with Crippen molar-refractivity contribution in [3.05, 3.63) is 120 Å². The standard InChI is InChI=1S/C37H31FN2O3/c38-30-8-4-7-27(18-30)29-17-28-13-16-40(20-24-9-11-26(12-10-24)25-5-2-1-3-6-25)32(28)31(19-29)33(41)39-37(14-15-37)36-21-35(22-36,23-36)34(42)43/h1-13,16-19H,14-15,20-23H2,(H,39,41)(H,42,43). The molecule has 0 atom stereocenters. The van der Waals surface area contributed by atoms with E-state index in [0.29, 0.717) is 36.9 Å². The van der Waals surface area contributed by atoms with E-state index >= 15 is 0 Å². The van der Waals surface area contributed by atoms with Gasteiger partial charge >= 0.3 is 5.97 Å². The van der Waals surface area contributed by atoms with Gasteiger partial charge in [0.2, 0.25) is 0 Å². The summed E-state index contributed by atoms with van der Waals surface area (Å²) in [5, 5.41) is 14.0. The Labute approximate surface area is 249 Å². The Morgan fingerprint density at radius 2 is 1.49 bits per heavy atom. The van der Waals surface area contributed by atoms with Crippen LogP contribution in [-0.2, 0) is 11.3 Å². The summed E-state index contributed by atoms with van der Waals surface area (Å²) in [5.41, 5.74) is 5.27. The van der Waals surface area contributed by atoms with Crippen molar-refractivity contribution in [1.82, 2.24) is 9.88 Å². The third-order valence-electron chi connectivity index (χ3n) is 10.3. The van der Waals surface area contributed by atoms with Gasteiger partial charge in [-0.1, -0.05) is 66.7 Å². The smallest absolute Gasteiger partial charge is 0.309 e. The van der Waals surface area contributed by atoms with Crippen LogP contribution in [0, 0.1) is 16.6 Å². The molecule has 4 aliphatic carbocycles. The average molecular weight is 571 g/mol. The van der Waals surface area contributed by atoms with E-state index in [2.05, 4.69) is 46.3 Å². The van der Waals surface area contributed by atoms with E-state index in [1.165, 1.54) is 12.1 Å². The molecule has 1 heterocycles. The number of aliphatic carboxylic acids is 1. The Bertz CT molecular complexity index is 1900. The molecule has 9 rings (SSSR count). The maximum Gasteiger partial charge on any atom is 0.309 e. The number of nitrogens with zero attached hydrogens (tertiary/aromatic N) is 1. The van der Waals surface area contributed by atoms with E-state index in [9.17, 15) is 19.1 Å². The highest BCUT2D eigenvalue weighted by Crippen LogP contribution is 2.81. The van der Waals surface area contributed by atoms with Crippen molar-refractivity contribution in [2.24, 2.45) is 10.8 Å². The number of benzene rings is 4. The summed E-state index contributed by atoms with van der Waals surface area (Å²) in [6, 6.07) is 31.1. The first kappa shape index (κ1) is 26.0. The molecule has 0 saturated heterocycles. The Morgan fingerprint density at radius 1 is 0.791 bits per heavy atom. The largest absolute Gasteiger partial charge is 0.481 e. The second-order valence-electron chi connectivity index (χ2n) is 12.9. The number of rotatable bonds is 8. The summed E-state index contributed by atoms with van der Waals surface area (Å²) in [6.07, 6.45) is 5.68. The quantitative estimate of drug-likeness (QED) is 0.201. The van der Waals surface area contributed by atoms with Gasteiger partial charge in [0, 0.05) is 23.7 Å². The number of amides is 1. The number of hydrogen-bond acceptors (Lipinski definition) is 2. The fourth-order valence-electron chi connectivity index (χ4n) is 7.84. The lowest BCUT2D eigenvalue weighted by Gasteiger charge is -2.71. The summed E-state index contributed by atoms with van der Waals surface area (Å²) in [5.74, 6) is -1.20. The molecule has 0 aliphatic heterocycles. The van der Waals surface area contributed by atoms with Gasteiger partial charge in [-0.3, -0.25) is 9.59 Å². The zero-order valence-electron chi connectivity index (χ0n) is 23.6. The van der Waals surface area contributed by atoms with Crippen molar-refractivity contribution in [2.75, 3.05) is 0 Å². The number of aromatic nitrogens is 1. The van der Waals surface area contributed by atoms with Crippen LogP contribution in [0.15, 0.2) is 103 Å². The molecule has 4 saturated carbocycles. The Morgan fingerprint density at radius 3 is 2.16 bits per heavy atom. The normalized spacial score (nSPS) is 22.8. The van der Waals surface area contributed by atoms with Crippen molar-refractivity contribution in [3.63, 3.8) is 0 Å². The Balaban J connectivity index is 1.14. The van der Waals surface area contributed by atoms with Crippen LogP contribution in [0.3, 0.4) is 0 Å². The molecule has 4 fully saturated rings.